The number of ether oxygens (including phenoxy) is 2. The molecule has 0 aromatic heterocycles. The number of benzene rings is 2. The second-order valence-corrected chi connectivity index (χ2v) is 7.97. The van der Waals surface area contributed by atoms with Crippen LogP contribution in [-0.4, -0.2) is 35.6 Å². The van der Waals surface area contributed by atoms with E-state index in [4.69, 9.17) is 9.47 Å². The molecule has 0 aliphatic carbocycles. The van der Waals surface area contributed by atoms with Crippen molar-refractivity contribution in [1.29, 1.82) is 0 Å². The highest BCUT2D eigenvalue weighted by atomic mass is 32.2. The van der Waals surface area contributed by atoms with E-state index < -0.39 is 22.0 Å². The Morgan fingerprint density at radius 1 is 1.07 bits per heavy atom. The summed E-state index contributed by atoms with van der Waals surface area (Å²) >= 11 is 0. The van der Waals surface area contributed by atoms with Crippen LogP contribution in [0.25, 0.3) is 0 Å². The van der Waals surface area contributed by atoms with Gasteiger partial charge in [0, 0.05) is 13.1 Å². The fourth-order valence-electron chi connectivity index (χ4n) is 2.93. The summed E-state index contributed by atoms with van der Waals surface area (Å²) < 4.78 is 39.0. The van der Waals surface area contributed by atoms with Gasteiger partial charge in [0.2, 0.25) is 10.0 Å². The van der Waals surface area contributed by atoms with Crippen molar-refractivity contribution in [3.05, 3.63) is 53.1 Å². The van der Waals surface area contributed by atoms with Gasteiger partial charge in [-0.05, 0) is 48.7 Å². The van der Waals surface area contributed by atoms with Gasteiger partial charge in [0.25, 0.3) is 5.91 Å². The lowest BCUT2D eigenvalue weighted by molar-refractivity contribution is 0.0960. The Hall–Kier alpha value is -2.58. The minimum atomic E-state index is -3.85. The fourth-order valence-corrected chi connectivity index (χ4v) is 4.26. The predicted molar refractivity (Wildman–Crippen MR) is 107 cm³/mol. The van der Waals surface area contributed by atoms with Gasteiger partial charge in [-0.1, -0.05) is 19.1 Å². The third kappa shape index (κ3) is 4.63. The summed E-state index contributed by atoms with van der Waals surface area (Å²) in [4.78, 5) is 12.0. The maximum atomic E-state index is 12.9. The zero-order chi connectivity index (χ0) is 20.9. The molecule has 8 heteroatoms. The summed E-state index contributed by atoms with van der Waals surface area (Å²) in [7, 11) is 0.635. The summed E-state index contributed by atoms with van der Waals surface area (Å²) in [6.07, 6.45) is 0.559. The Bertz CT molecular complexity index is 957. The van der Waals surface area contributed by atoms with E-state index in [2.05, 4.69) is 10.0 Å². The largest absolute Gasteiger partial charge is 0.496 e. The Kier molecular flexibility index (Phi) is 7.04. The molecule has 0 aliphatic rings. The molecular formula is C20H26N2O5S. The Morgan fingerprint density at radius 3 is 2.25 bits per heavy atom. The first-order chi connectivity index (χ1) is 13.3. The number of rotatable bonds is 8. The summed E-state index contributed by atoms with van der Waals surface area (Å²) in [5, 5.41) is 2.48. The number of carbonyl (C=O) groups excluding carboxylic acids is 1. The second kappa shape index (κ2) is 9.07. The van der Waals surface area contributed by atoms with Crippen molar-refractivity contribution in [1.82, 2.24) is 10.0 Å². The van der Waals surface area contributed by atoms with Crippen LogP contribution >= 0.6 is 0 Å². The van der Waals surface area contributed by atoms with Gasteiger partial charge in [0.15, 0.2) is 0 Å². The van der Waals surface area contributed by atoms with Crippen LogP contribution < -0.4 is 19.5 Å². The summed E-state index contributed by atoms with van der Waals surface area (Å²) in [6.45, 7) is 3.80. The first kappa shape index (κ1) is 21.7. The van der Waals surface area contributed by atoms with Gasteiger partial charge in [0.1, 0.15) is 11.5 Å². The standard InChI is InChI=1S/C20H26N2O5S/c1-6-17(14-7-9-18(26-4)13(2)11-14)22-28(24,25)15-8-10-19(27-5)16(12-15)20(23)21-3/h7-12,17,22H,6H2,1-5H3,(H,21,23)/t17-/m0/s1. The molecule has 0 saturated carbocycles. The number of carbonyl (C=O) groups is 1. The van der Waals surface area contributed by atoms with E-state index in [0.29, 0.717) is 12.2 Å². The third-order valence-electron chi connectivity index (χ3n) is 4.48. The molecule has 28 heavy (non-hydrogen) atoms. The molecule has 2 aromatic rings. The van der Waals surface area contributed by atoms with Crippen molar-refractivity contribution < 1.29 is 22.7 Å². The minimum absolute atomic E-state index is 0.00409. The van der Waals surface area contributed by atoms with Gasteiger partial charge in [-0.3, -0.25) is 4.79 Å². The Morgan fingerprint density at radius 2 is 1.71 bits per heavy atom. The first-order valence-corrected chi connectivity index (χ1v) is 10.3. The lowest BCUT2D eigenvalue weighted by atomic mass is 10.0. The van der Waals surface area contributed by atoms with Gasteiger partial charge in [-0.15, -0.1) is 0 Å². The second-order valence-electron chi connectivity index (χ2n) is 6.25. The van der Waals surface area contributed by atoms with Crippen LogP contribution in [-0.2, 0) is 10.0 Å². The highest BCUT2D eigenvalue weighted by Gasteiger charge is 2.23. The fraction of sp³-hybridized carbons (Fsp3) is 0.350. The lowest BCUT2D eigenvalue weighted by Gasteiger charge is -2.19. The van der Waals surface area contributed by atoms with E-state index in [1.54, 1.807) is 7.11 Å². The molecule has 2 N–H and O–H groups in total. The molecule has 0 fully saturated rings. The van der Waals surface area contributed by atoms with Crippen molar-refractivity contribution in [2.24, 2.45) is 0 Å². The number of sulfonamides is 1. The highest BCUT2D eigenvalue weighted by Crippen LogP contribution is 2.27. The normalized spacial score (nSPS) is 12.3. The predicted octanol–water partition coefficient (Wildman–Crippen LogP) is 2.80. The van der Waals surface area contributed by atoms with Crippen LogP contribution in [0, 0.1) is 6.92 Å². The number of aryl methyl sites for hydroxylation is 1. The molecule has 0 unspecified atom stereocenters. The zero-order valence-electron chi connectivity index (χ0n) is 16.7. The molecule has 152 valence electrons. The lowest BCUT2D eigenvalue weighted by Crippen LogP contribution is -2.29. The molecule has 0 bridgehead atoms. The monoisotopic (exact) mass is 406 g/mol. The third-order valence-corrected chi connectivity index (χ3v) is 5.95. The quantitative estimate of drug-likeness (QED) is 0.703. The van der Waals surface area contributed by atoms with Gasteiger partial charge < -0.3 is 14.8 Å². The van der Waals surface area contributed by atoms with E-state index in [9.17, 15) is 13.2 Å². The molecule has 2 aromatic carbocycles. The average molecular weight is 407 g/mol. The zero-order valence-corrected chi connectivity index (χ0v) is 17.5. The molecule has 7 nitrogen and oxygen atoms in total. The highest BCUT2D eigenvalue weighted by molar-refractivity contribution is 7.89. The Labute approximate surface area is 166 Å². The van der Waals surface area contributed by atoms with E-state index in [-0.39, 0.29) is 10.5 Å². The van der Waals surface area contributed by atoms with Crippen molar-refractivity contribution in [2.45, 2.75) is 31.2 Å². The van der Waals surface area contributed by atoms with Crippen LogP contribution in [0.1, 0.15) is 40.9 Å². The summed E-state index contributed by atoms with van der Waals surface area (Å²) in [6, 6.07) is 9.34. The minimum Gasteiger partial charge on any atom is -0.496 e. The number of methoxy groups -OCH3 is 2. The summed E-state index contributed by atoms with van der Waals surface area (Å²) in [5.41, 5.74) is 1.91. The number of amides is 1. The summed E-state index contributed by atoms with van der Waals surface area (Å²) in [5.74, 6) is 0.620. The molecule has 0 radical (unpaired) electrons. The number of hydrogen-bond donors (Lipinski definition) is 2. The van der Waals surface area contributed by atoms with Crippen LogP contribution in [0.2, 0.25) is 0 Å². The van der Waals surface area contributed by atoms with E-state index in [1.807, 2.05) is 32.0 Å². The van der Waals surface area contributed by atoms with Crippen molar-refractivity contribution in [3.63, 3.8) is 0 Å². The van der Waals surface area contributed by atoms with E-state index in [0.717, 1.165) is 16.9 Å². The van der Waals surface area contributed by atoms with Crippen LogP contribution in [0.5, 0.6) is 11.5 Å². The average Bonchev–Trinajstić information content (AvgIpc) is 2.70. The molecule has 0 saturated heterocycles. The van der Waals surface area contributed by atoms with Crippen molar-refractivity contribution in [2.75, 3.05) is 21.3 Å². The Balaban J connectivity index is 2.38. The molecule has 1 atom stereocenters. The molecular weight excluding hydrogens is 380 g/mol. The SMILES string of the molecule is CC[C@H](NS(=O)(=O)c1ccc(OC)c(C(=O)NC)c1)c1ccc(OC)c(C)c1. The van der Waals surface area contributed by atoms with Gasteiger partial charge in [-0.25, -0.2) is 13.1 Å². The maximum Gasteiger partial charge on any atom is 0.254 e. The molecule has 0 heterocycles. The van der Waals surface area contributed by atoms with Crippen LogP contribution in [0.15, 0.2) is 41.3 Å². The van der Waals surface area contributed by atoms with E-state index >= 15 is 0 Å². The van der Waals surface area contributed by atoms with Gasteiger partial charge in [-0.2, -0.15) is 0 Å². The molecule has 2 rings (SSSR count). The van der Waals surface area contributed by atoms with Gasteiger partial charge in [0.05, 0.1) is 24.7 Å². The van der Waals surface area contributed by atoms with Crippen LogP contribution in [0.3, 0.4) is 0 Å². The van der Waals surface area contributed by atoms with Gasteiger partial charge >= 0.3 is 0 Å². The topological polar surface area (TPSA) is 93.7 Å². The molecule has 1 amide bonds. The van der Waals surface area contributed by atoms with E-state index in [1.165, 1.54) is 32.4 Å². The van der Waals surface area contributed by atoms with Crippen molar-refractivity contribution in [3.8, 4) is 11.5 Å². The molecule has 0 spiro atoms. The first-order valence-electron chi connectivity index (χ1n) is 8.84. The number of hydrogen-bond acceptors (Lipinski definition) is 5. The van der Waals surface area contributed by atoms with Crippen molar-refractivity contribution >= 4 is 15.9 Å². The molecule has 0 aliphatic heterocycles. The maximum absolute atomic E-state index is 12.9. The van der Waals surface area contributed by atoms with Crippen LogP contribution in [0.4, 0.5) is 0 Å². The number of nitrogens with one attached hydrogen (secondary N) is 2. The smallest absolute Gasteiger partial charge is 0.254 e.